The molecular weight excluding hydrogens is 243 g/mol. The highest BCUT2D eigenvalue weighted by atomic mass is 19.4. The summed E-state index contributed by atoms with van der Waals surface area (Å²) >= 11 is 0. The zero-order valence-electron chi connectivity index (χ0n) is 10.1. The fourth-order valence-corrected chi connectivity index (χ4v) is 1.90. The Labute approximate surface area is 104 Å². The van der Waals surface area contributed by atoms with Crippen molar-refractivity contribution in [1.82, 2.24) is 5.32 Å². The van der Waals surface area contributed by atoms with Crippen molar-refractivity contribution in [2.75, 3.05) is 6.54 Å². The standard InChI is InChI=1S/C13H16F3NO/c1-8-6-9(13(14,15)16)2-5-11(8)12(18)7-17-10-3-4-10/h2,5-6,10,12,17-18H,3-4,7H2,1H3. The van der Waals surface area contributed by atoms with Gasteiger partial charge < -0.3 is 10.4 Å². The van der Waals surface area contributed by atoms with Crippen LogP contribution in [-0.2, 0) is 6.18 Å². The summed E-state index contributed by atoms with van der Waals surface area (Å²) in [5.41, 5.74) is 0.345. The van der Waals surface area contributed by atoms with Crippen molar-refractivity contribution in [2.45, 2.75) is 38.1 Å². The van der Waals surface area contributed by atoms with E-state index in [1.54, 1.807) is 6.92 Å². The largest absolute Gasteiger partial charge is 0.416 e. The number of nitrogens with one attached hydrogen (secondary N) is 1. The van der Waals surface area contributed by atoms with E-state index in [0.29, 0.717) is 23.7 Å². The third-order valence-corrected chi connectivity index (χ3v) is 3.13. The van der Waals surface area contributed by atoms with Gasteiger partial charge in [-0.05, 0) is 43.0 Å². The molecule has 1 atom stereocenters. The Hall–Kier alpha value is -1.07. The summed E-state index contributed by atoms with van der Waals surface area (Å²) in [6.45, 7) is 1.97. The smallest absolute Gasteiger partial charge is 0.387 e. The number of aliphatic hydroxyl groups is 1. The first-order valence-corrected chi connectivity index (χ1v) is 5.97. The van der Waals surface area contributed by atoms with Crippen LogP contribution in [0.1, 0.15) is 35.6 Å². The van der Waals surface area contributed by atoms with Crippen LogP contribution in [0.4, 0.5) is 13.2 Å². The van der Waals surface area contributed by atoms with Crippen LogP contribution < -0.4 is 5.32 Å². The minimum atomic E-state index is -4.33. The molecule has 0 radical (unpaired) electrons. The van der Waals surface area contributed by atoms with Crippen molar-refractivity contribution in [3.63, 3.8) is 0 Å². The van der Waals surface area contributed by atoms with Gasteiger partial charge in [0, 0.05) is 12.6 Å². The first kappa shape index (κ1) is 13.4. The maximum absolute atomic E-state index is 12.5. The summed E-state index contributed by atoms with van der Waals surface area (Å²) in [6.07, 6.45) is -2.87. The second-order valence-electron chi connectivity index (χ2n) is 4.77. The summed E-state index contributed by atoms with van der Waals surface area (Å²) in [4.78, 5) is 0. The van der Waals surface area contributed by atoms with Crippen molar-refractivity contribution in [1.29, 1.82) is 0 Å². The van der Waals surface area contributed by atoms with Gasteiger partial charge in [-0.25, -0.2) is 0 Å². The van der Waals surface area contributed by atoms with Crippen LogP contribution in [0.25, 0.3) is 0 Å². The van der Waals surface area contributed by atoms with Crippen LogP contribution in [0.5, 0.6) is 0 Å². The quantitative estimate of drug-likeness (QED) is 0.871. The topological polar surface area (TPSA) is 32.3 Å². The number of hydrogen-bond donors (Lipinski definition) is 2. The molecule has 1 saturated carbocycles. The van der Waals surface area contributed by atoms with E-state index < -0.39 is 17.8 Å². The Bertz CT molecular complexity index is 427. The van der Waals surface area contributed by atoms with Gasteiger partial charge in [0.05, 0.1) is 11.7 Å². The maximum atomic E-state index is 12.5. The van der Waals surface area contributed by atoms with E-state index in [0.717, 1.165) is 25.0 Å². The number of aliphatic hydroxyl groups excluding tert-OH is 1. The summed E-state index contributed by atoms with van der Waals surface area (Å²) in [7, 11) is 0. The molecule has 1 aromatic rings. The normalized spacial score (nSPS) is 17.8. The highest BCUT2D eigenvalue weighted by Crippen LogP contribution is 2.31. The maximum Gasteiger partial charge on any atom is 0.416 e. The van der Waals surface area contributed by atoms with E-state index in [-0.39, 0.29) is 0 Å². The average Bonchev–Trinajstić information content (AvgIpc) is 3.08. The molecule has 0 spiro atoms. The third kappa shape index (κ3) is 3.23. The van der Waals surface area contributed by atoms with Crippen molar-refractivity contribution in [3.05, 3.63) is 34.9 Å². The summed E-state index contributed by atoms with van der Waals surface area (Å²) in [5, 5.41) is 13.1. The van der Waals surface area contributed by atoms with Gasteiger partial charge >= 0.3 is 6.18 Å². The van der Waals surface area contributed by atoms with Gasteiger partial charge in [0.25, 0.3) is 0 Å². The van der Waals surface area contributed by atoms with Crippen LogP contribution in [0.3, 0.4) is 0 Å². The molecule has 0 bridgehead atoms. The fourth-order valence-electron chi connectivity index (χ4n) is 1.90. The molecule has 1 aliphatic rings. The molecule has 18 heavy (non-hydrogen) atoms. The van der Waals surface area contributed by atoms with Crippen LogP contribution in [-0.4, -0.2) is 17.7 Å². The Morgan fingerprint density at radius 3 is 2.56 bits per heavy atom. The number of hydrogen-bond acceptors (Lipinski definition) is 2. The lowest BCUT2D eigenvalue weighted by molar-refractivity contribution is -0.137. The Balaban J connectivity index is 2.08. The minimum absolute atomic E-state index is 0.386. The molecule has 1 aromatic carbocycles. The van der Waals surface area contributed by atoms with E-state index in [2.05, 4.69) is 5.32 Å². The number of halogens is 3. The molecule has 100 valence electrons. The van der Waals surface area contributed by atoms with Gasteiger partial charge in [0.15, 0.2) is 0 Å². The highest BCUT2D eigenvalue weighted by Gasteiger charge is 2.31. The van der Waals surface area contributed by atoms with Gasteiger partial charge in [-0.3, -0.25) is 0 Å². The van der Waals surface area contributed by atoms with Crippen LogP contribution in [0.2, 0.25) is 0 Å². The van der Waals surface area contributed by atoms with Gasteiger partial charge in [0.1, 0.15) is 0 Å². The molecule has 1 aliphatic carbocycles. The van der Waals surface area contributed by atoms with Crippen LogP contribution in [0.15, 0.2) is 18.2 Å². The zero-order chi connectivity index (χ0) is 13.3. The van der Waals surface area contributed by atoms with Crippen LogP contribution in [0, 0.1) is 6.92 Å². The Morgan fingerprint density at radius 2 is 2.06 bits per heavy atom. The molecule has 0 aromatic heterocycles. The Kier molecular flexibility index (Phi) is 3.64. The number of aryl methyl sites for hydroxylation is 1. The highest BCUT2D eigenvalue weighted by molar-refractivity contribution is 5.34. The van der Waals surface area contributed by atoms with Crippen LogP contribution >= 0.6 is 0 Å². The Morgan fingerprint density at radius 1 is 1.39 bits per heavy atom. The summed E-state index contributed by atoms with van der Waals surface area (Å²) in [5.74, 6) is 0. The van der Waals surface area contributed by atoms with Crippen molar-refractivity contribution in [2.24, 2.45) is 0 Å². The zero-order valence-corrected chi connectivity index (χ0v) is 10.1. The van der Waals surface area contributed by atoms with Gasteiger partial charge in [-0.15, -0.1) is 0 Å². The molecule has 2 nitrogen and oxygen atoms in total. The van der Waals surface area contributed by atoms with E-state index in [4.69, 9.17) is 0 Å². The van der Waals surface area contributed by atoms with E-state index >= 15 is 0 Å². The molecule has 0 amide bonds. The van der Waals surface area contributed by atoms with Gasteiger partial charge in [-0.1, -0.05) is 6.07 Å². The second-order valence-corrected chi connectivity index (χ2v) is 4.77. The van der Waals surface area contributed by atoms with Gasteiger partial charge in [-0.2, -0.15) is 13.2 Å². The average molecular weight is 259 g/mol. The lowest BCUT2D eigenvalue weighted by Gasteiger charge is -2.16. The molecule has 0 heterocycles. The number of rotatable bonds is 4. The molecule has 2 rings (SSSR count). The molecule has 1 unspecified atom stereocenters. The molecule has 1 fully saturated rings. The molecule has 2 N–H and O–H groups in total. The molecule has 5 heteroatoms. The number of alkyl halides is 3. The first-order valence-electron chi connectivity index (χ1n) is 5.97. The predicted molar refractivity (Wildman–Crippen MR) is 62.2 cm³/mol. The first-order chi connectivity index (χ1) is 8.38. The third-order valence-electron chi connectivity index (χ3n) is 3.13. The lowest BCUT2D eigenvalue weighted by atomic mass is 10.0. The second kappa shape index (κ2) is 4.90. The summed E-state index contributed by atoms with van der Waals surface area (Å²) < 4.78 is 37.5. The minimum Gasteiger partial charge on any atom is -0.387 e. The fraction of sp³-hybridized carbons (Fsp3) is 0.538. The monoisotopic (exact) mass is 259 g/mol. The SMILES string of the molecule is Cc1cc(C(F)(F)F)ccc1C(O)CNC1CC1. The van der Waals surface area contributed by atoms with Crippen molar-refractivity contribution >= 4 is 0 Å². The van der Waals surface area contributed by atoms with Gasteiger partial charge in [0.2, 0.25) is 0 Å². The molecule has 0 saturated heterocycles. The number of benzene rings is 1. The van der Waals surface area contributed by atoms with E-state index in [1.807, 2.05) is 0 Å². The predicted octanol–water partition coefficient (Wildman–Crippen LogP) is 2.80. The molecule has 0 aliphatic heterocycles. The molecular formula is C13H16F3NO. The van der Waals surface area contributed by atoms with Crippen molar-refractivity contribution < 1.29 is 18.3 Å². The van der Waals surface area contributed by atoms with E-state index in [9.17, 15) is 18.3 Å². The summed E-state index contributed by atoms with van der Waals surface area (Å²) in [6, 6.07) is 3.92. The van der Waals surface area contributed by atoms with E-state index in [1.165, 1.54) is 6.07 Å². The van der Waals surface area contributed by atoms with Crippen molar-refractivity contribution in [3.8, 4) is 0 Å². The lowest BCUT2D eigenvalue weighted by Crippen LogP contribution is -2.23.